The Morgan fingerprint density at radius 2 is 1.46 bits per heavy atom. The third-order valence-electron chi connectivity index (χ3n) is 5.37. The molecule has 0 atom stereocenters. The molecule has 1 aromatic carbocycles. The third kappa shape index (κ3) is 3.66. The van der Waals surface area contributed by atoms with Crippen LogP contribution in [0.2, 0.25) is 0 Å². The van der Waals surface area contributed by atoms with Gasteiger partial charge in [0.05, 0.1) is 0 Å². The number of carbonyl (C=O) groups excluding carboxylic acids is 1. The molecule has 2 aliphatic heterocycles. The summed E-state index contributed by atoms with van der Waals surface area (Å²) in [5.74, 6) is 0.0524. The molecule has 136 valence electrons. The SMILES string of the molecule is O=C(c1cc(N2CCCCC2)ccn1)N1CCN(c2ccccc2)CC1. The lowest BCUT2D eigenvalue weighted by Gasteiger charge is -2.36. The van der Waals surface area contributed by atoms with Crippen molar-refractivity contribution in [2.45, 2.75) is 19.3 Å². The second-order valence-corrected chi connectivity index (χ2v) is 7.06. The Labute approximate surface area is 155 Å². The molecule has 5 nitrogen and oxygen atoms in total. The number of amides is 1. The molecule has 2 aromatic rings. The molecule has 2 saturated heterocycles. The van der Waals surface area contributed by atoms with E-state index in [1.165, 1.54) is 24.9 Å². The molecule has 0 bridgehead atoms. The van der Waals surface area contributed by atoms with Crippen molar-refractivity contribution in [2.75, 3.05) is 49.1 Å². The van der Waals surface area contributed by atoms with Gasteiger partial charge in [-0.25, -0.2) is 0 Å². The molecule has 0 unspecified atom stereocenters. The fraction of sp³-hybridized carbons (Fsp3) is 0.429. The van der Waals surface area contributed by atoms with Gasteiger partial charge in [-0.15, -0.1) is 0 Å². The maximum Gasteiger partial charge on any atom is 0.272 e. The van der Waals surface area contributed by atoms with Crippen molar-refractivity contribution in [3.05, 3.63) is 54.4 Å². The number of benzene rings is 1. The lowest BCUT2D eigenvalue weighted by Crippen LogP contribution is -2.49. The van der Waals surface area contributed by atoms with Gasteiger partial charge in [-0.1, -0.05) is 18.2 Å². The first-order valence-corrected chi connectivity index (χ1v) is 9.61. The van der Waals surface area contributed by atoms with Gasteiger partial charge in [-0.3, -0.25) is 9.78 Å². The first kappa shape index (κ1) is 16.9. The van der Waals surface area contributed by atoms with Crippen LogP contribution in [0.5, 0.6) is 0 Å². The van der Waals surface area contributed by atoms with Gasteiger partial charge in [0.25, 0.3) is 5.91 Å². The van der Waals surface area contributed by atoms with Crippen molar-refractivity contribution in [1.82, 2.24) is 9.88 Å². The number of hydrogen-bond donors (Lipinski definition) is 0. The third-order valence-corrected chi connectivity index (χ3v) is 5.37. The summed E-state index contributed by atoms with van der Waals surface area (Å²) in [4.78, 5) is 23.9. The van der Waals surface area contributed by atoms with Crippen molar-refractivity contribution >= 4 is 17.3 Å². The van der Waals surface area contributed by atoms with E-state index in [-0.39, 0.29) is 5.91 Å². The highest BCUT2D eigenvalue weighted by Gasteiger charge is 2.23. The smallest absolute Gasteiger partial charge is 0.272 e. The van der Waals surface area contributed by atoms with Crippen LogP contribution in [0.1, 0.15) is 29.8 Å². The number of para-hydroxylation sites is 1. The number of piperidine rings is 1. The summed E-state index contributed by atoms with van der Waals surface area (Å²) in [6, 6.07) is 14.4. The van der Waals surface area contributed by atoms with Crippen molar-refractivity contribution in [1.29, 1.82) is 0 Å². The molecule has 2 fully saturated rings. The van der Waals surface area contributed by atoms with Crippen LogP contribution in [0.15, 0.2) is 48.7 Å². The zero-order chi connectivity index (χ0) is 17.8. The largest absolute Gasteiger partial charge is 0.371 e. The highest BCUT2D eigenvalue weighted by Crippen LogP contribution is 2.21. The zero-order valence-corrected chi connectivity index (χ0v) is 15.2. The van der Waals surface area contributed by atoms with E-state index in [1.807, 2.05) is 23.1 Å². The standard InChI is InChI=1S/C21H26N4O/c26-21(20-17-19(9-10-22-20)23-11-5-2-6-12-23)25-15-13-24(14-16-25)18-7-3-1-4-8-18/h1,3-4,7-10,17H,2,5-6,11-16H2. The van der Waals surface area contributed by atoms with E-state index >= 15 is 0 Å². The van der Waals surface area contributed by atoms with Gasteiger partial charge in [-0.05, 0) is 43.5 Å². The number of aromatic nitrogens is 1. The highest BCUT2D eigenvalue weighted by molar-refractivity contribution is 5.93. The monoisotopic (exact) mass is 350 g/mol. The topological polar surface area (TPSA) is 39.7 Å². The molecular weight excluding hydrogens is 324 g/mol. The van der Waals surface area contributed by atoms with Crippen LogP contribution in [-0.2, 0) is 0 Å². The Bertz CT molecular complexity index is 735. The number of carbonyl (C=O) groups is 1. The van der Waals surface area contributed by atoms with E-state index < -0.39 is 0 Å². The van der Waals surface area contributed by atoms with E-state index in [0.717, 1.165) is 45.0 Å². The van der Waals surface area contributed by atoms with Crippen molar-refractivity contribution in [3.8, 4) is 0 Å². The summed E-state index contributed by atoms with van der Waals surface area (Å²) in [7, 11) is 0. The lowest BCUT2D eigenvalue weighted by atomic mass is 10.1. The van der Waals surface area contributed by atoms with Gasteiger partial charge < -0.3 is 14.7 Å². The van der Waals surface area contributed by atoms with E-state index in [0.29, 0.717) is 5.69 Å². The molecular formula is C21H26N4O. The van der Waals surface area contributed by atoms with Crippen molar-refractivity contribution in [2.24, 2.45) is 0 Å². The predicted molar refractivity (Wildman–Crippen MR) is 105 cm³/mol. The number of hydrogen-bond acceptors (Lipinski definition) is 4. The quantitative estimate of drug-likeness (QED) is 0.853. The van der Waals surface area contributed by atoms with E-state index in [1.54, 1.807) is 6.20 Å². The molecule has 0 radical (unpaired) electrons. The lowest BCUT2D eigenvalue weighted by molar-refractivity contribution is 0.0741. The fourth-order valence-electron chi connectivity index (χ4n) is 3.85. The molecule has 5 heteroatoms. The van der Waals surface area contributed by atoms with Crippen molar-refractivity contribution < 1.29 is 4.79 Å². The number of anilines is 2. The maximum atomic E-state index is 12.9. The van der Waals surface area contributed by atoms with E-state index in [9.17, 15) is 4.79 Å². The molecule has 1 aromatic heterocycles. The van der Waals surface area contributed by atoms with Gasteiger partial charge in [0.1, 0.15) is 5.69 Å². The summed E-state index contributed by atoms with van der Waals surface area (Å²) < 4.78 is 0. The summed E-state index contributed by atoms with van der Waals surface area (Å²) in [5.41, 5.74) is 2.93. The van der Waals surface area contributed by atoms with E-state index in [4.69, 9.17) is 0 Å². The molecule has 3 heterocycles. The fourth-order valence-corrected chi connectivity index (χ4v) is 3.85. The minimum absolute atomic E-state index is 0.0524. The Hall–Kier alpha value is -2.56. The number of rotatable bonds is 3. The number of nitrogens with zero attached hydrogens (tertiary/aromatic N) is 4. The van der Waals surface area contributed by atoms with Gasteiger partial charge in [-0.2, -0.15) is 0 Å². The molecule has 2 aliphatic rings. The van der Waals surface area contributed by atoms with Crippen LogP contribution in [-0.4, -0.2) is 55.1 Å². The van der Waals surface area contributed by atoms with Crippen LogP contribution in [0, 0.1) is 0 Å². The summed E-state index contributed by atoms with van der Waals surface area (Å²) in [5, 5.41) is 0. The Morgan fingerprint density at radius 1 is 0.769 bits per heavy atom. The first-order chi connectivity index (χ1) is 12.8. The molecule has 0 aliphatic carbocycles. The highest BCUT2D eigenvalue weighted by atomic mass is 16.2. The molecule has 4 rings (SSSR count). The van der Waals surface area contributed by atoms with Crippen LogP contribution < -0.4 is 9.80 Å². The average Bonchev–Trinajstić information content (AvgIpc) is 2.75. The summed E-state index contributed by atoms with van der Waals surface area (Å²) in [6.07, 6.45) is 5.54. The van der Waals surface area contributed by atoms with Crippen LogP contribution in [0.3, 0.4) is 0 Å². The summed E-state index contributed by atoms with van der Waals surface area (Å²) in [6.45, 7) is 5.36. The van der Waals surface area contributed by atoms with Gasteiger partial charge in [0.15, 0.2) is 0 Å². The Kier molecular flexibility index (Phi) is 5.04. The second kappa shape index (κ2) is 7.77. The molecule has 0 spiro atoms. The van der Waals surface area contributed by atoms with Gasteiger partial charge in [0, 0.05) is 56.8 Å². The van der Waals surface area contributed by atoms with Crippen LogP contribution >= 0.6 is 0 Å². The van der Waals surface area contributed by atoms with Gasteiger partial charge in [0.2, 0.25) is 0 Å². The maximum absolute atomic E-state index is 12.9. The molecule has 0 saturated carbocycles. The van der Waals surface area contributed by atoms with E-state index in [2.05, 4.69) is 39.0 Å². The zero-order valence-electron chi connectivity index (χ0n) is 15.2. The number of pyridine rings is 1. The van der Waals surface area contributed by atoms with Crippen molar-refractivity contribution in [3.63, 3.8) is 0 Å². The average molecular weight is 350 g/mol. The van der Waals surface area contributed by atoms with Crippen LogP contribution in [0.4, 0.5) is 11.4 Å². The minimum Gasteiger partial charge on any atom is -0.371 e. The minimum atomic E-state index is 0.0524. The molecule has 0 N–H and O–H groups in total. The Morgan fingerprint density at radius 3 is 2.19 bits per heavy atom. The predicted octanol–water partition coefficient (Wildman–Crippen LogP) is 3.03. The summed E-state index contributed by atoms with van der Waals surface area (Å²) >= 11 is 0. The number of piperazine rings is 1. The van der Waals surface area contributed by atoms with Gasteiger partial charge >= 0.3 is 0 Å². The molecule has 26 heavy (non-hydrogen) atoms. The Balaban J connectivity index is 1.40. The van der Waals surface area contributed by atoms with Crippen LogP contribution in [0.25, 0.3) is 0 Å². The normalized spacial score (nSPS) is 18.1. The molecule has 1 amide bonds. The first-order valence-electron chi connectivity index (χ1n) is 9.61. The second-order valence-electron chi connectivity index (χ2n) is 7.06.